The van der Waals surface area contributed by atoms with Crippen molar-refractivity contribution in [3.05, 3.63) is 40.8 Å². The fraction of sp³-hybridized carbons (Fsp3) is 0.357. The monoisotopic (exact) mass is 229 g/mol. The topological polar surface area (TPSA) is 40.7 Å². The molecule has 2 aromatic rings. The van der Waals surface area contributed by atoms with Crippen molar-refractivity contribution >= 4 is 0 Å². The predicted molar refractivity (Wildman–Crippen MR) is 71.0 cm³/mol. The Balaban J connectivity index is 2.45. The van der Waals surface area contributed by atoms with Crippen molar-refractivity contribution in [3.8, 4) is 11.3 Å². The van der Waals surface area contributed by atoms with Crippen LogP contribution < -0.4 is 5.32 Å². The molecule has 0 saturated carbocycles. The van der Waals surface area contributed by atoms with Crippen LogP contribution in [0.25, 0.3) is 11.3 Å². The number of nitrogens with zero attached hydrogens (tertiary/aromatic N) is 1. The van der Waals surface area contributed by atoms with Crippen molar-refractivity contribution in [3.63, 3.8) is 0 Å². The second-order valence-electron chi connectivity index (χ2n) is 4.51. The molecule has 2 rings (SSSR count). The smallest absolute Gasteiger partial charge is 0.121 e. The van der Waals surface area contributed by atoms with Gasteiger partial charge < -0.3 is 10.3 Å². The number of aromatic nitrogens is 2. The molecule has 0 radical (unpaired) electrons. The maximum Gasteiger partial charge on any atom is 0.121 e. The van der Waals surface area contributed by atoms with Gasteiger partial charge in [-0.25, -0.2) is 4.98 Å². The van der Waals surface area contributed by atoms with Gasteiger partial charge in [-0.3, -0.25) is 0 Å². The molecular formula is C14H19N3. The highest BCUT2D eigenvalue weighted by Crippen LogP contribution is 2.25. The maximum absolute atomic E-state index is 4.64. The van der Waals surface area contributed by atoms with Crippen LogP contribution in [0.3, 0.4) is 0 Å². The summed E-state index contributed by atoms with van der Waals surface area (Å²) in [5.74, 6) is 0.986. The van der Waals surface area contributed by atoms with Gasteiger partial charge in [0, 0.05) is 11.3 Å². The third-order valence-corrected chi connectivity index (χ3v) is 2.92. The Labute approximate surface area is 102 Å². The molecule has 0 fully saturated rings. The molecule has 90 valence electrons. The minimum atomic E-state index is 0.770. The van der Waals surface area contributed by atoms with E-state index < -0.39 is 0 Å². The normalized spacial score (nSPS) is 10.8. The van der Waals surface area contributed by atoms with Gasteiger partial charge in [-0.2, -0.15) is 0 Å². The van der Waals surface area contributed by atoms with Gasteiger partial charge in [0.15, 0.2) is 0 Å². The summed E-state index contributed by atoms with van der Waals surface area (Å²) in [6.07, 6.45) is 0. The van der Waals surface area contributed by atoms with E-state index in [2.05, 4.69) is 54.3 Å². The number of hydrogen-bond donors (Lipinski definition) is 2. The van der Waals surface area contributed by atoms with Crippen LogP contribution in [0.4, 0.5) is 0 Å². The standard InChI is InChI=1S/C14H19N3/c1-9-5-6-12(10(2)7-9)14-11(3)16-13(17-14)8-15-4/h5-7,15H,8H2,1-4H3,(H,16,17). The first-order valence-corrected chi connectivity index (χ1v) is 5.89. The van der Waals surface area contributed by atoms with Crippen molar-refractivity contribution in [2.75, 3.05) is 7.05 Å². The van der Waals surface area contributed by atoms with Crippen LogP contribution in [0.1, 0.15) is 22.6 Å². The summed E-state index contributed by atoms with van der Waals surface area (Å²) in [5.41, 5.74) is 5.96. The summed E-state index contributed by atoms with van der Waals surface area (Å²) in [5, 5.41) is 3.11. The first kappa shape index (κ1) is 11.9. The van der Waals surface area contributed by atoms with Gasteiger partial charge in [0.25, 0.3) is 0 Å². The zero-order valence-electron chi connectivity index (χ0n) is 10.9. The number of H-pyrrole nitrogens is 1. The Morgan fingerprint density at radius 3 is 2.65 bits per heavy atom. The van der Waals surface area contributed by atoms with Crippen molar-refractivity contribution in [2.45, 2.75) is 27.3 Å². The number of imidazole rings is 1. The van der Waals surface area contributed by atoms with Gasteiger partial charge in [0.05, 0.1) is 12.2 Å². The summed E-state index contributed by atoms with van der Waals surface area (Å²) in [4.78, 5) is 7.95. The van der Waals surface area contributed by atoms with E-state index in [9.17, 15) is 0 Å². The van der Waals surface area contributed by atoms with Crippen LogP contribution in [-0.4, -0.2) is 17.0 Å². The van der Waals surface area contributed by atoms with E-state index in [4.69, 9.17) is 0 Å². The molecular weight excluding hydrogens is 210 g/mol. The molecule has 3 heteroatoms. The van der Waals surface area contributed by atoms with Crippen LogP contribution in [0.15, 0.2) is 18.2 Å². The second kappa shape index (κ2) is 4.72. The van der Waals surface area contributed by atoms with Crippen molar-refractivity contribution in [1.29, 1.82) is 0 Å². The highest BCUT2D eigenvalue weighted by molar-refractivity contribution is 5.66. The fourth-order valence-electron chi connectivity index (χ4n) is 2.12. The lowest BCUT2D eigenvalue weighted by Crippen LogP contribution is -2.06. The van der Waals surface area contributed by atoms with Crippen LogP contribution >= 0.6 is 0 Å². The molecule has 17 heavy (non-hydrogen) atoms. The zero-order chi connectivity index (χ0) is 12.4. The molecule has 0 atom stereocenters. The minimum absolute atomic E-state index is 0.770. The Morgan fingerprint density at radius 1 is 1.24 bits per heavy atom. The van der Waals surface area contributed by atoms with E-state index in [0.717, 1.165) is 23.8 Å². The number of nitrogens with one attached hydrogen (secondary N) is 2. The summed E-state index contributed by atoms with van der Waals surface area (Å²) in [7, 11) is 1.93. The highest BCUT2D eigenvalue weighted by atomic mass is 15.0. The lowest BCUT2D eigenvalue weighted by molar-refractivity contribution is 0.770. The largest absolute Gasteiger partial charge is 0.344 e. The van der Waals surface area contributed by atoms with Gasteiger partial charge in [0.2, 0.25) is 0 Å². The molecule has 1 aromatic carbocycles. The molecule has 0 saturated heterocycles. The van der Waals surface area contributed by atoms with Gasteiger partial charge in [-0.15, -0.1) is 0 Å². The molecule has 0 spiro atoms. The second-order valence-corrected chi connectivity index (χ2v) is 4.51. The third-order valence-electron chi connectivity index (χ3n) is 2.92. The number of rotatable bonds is 3. The Bertz CT molecular complexity index is 526. The number of aromatic amines is 1. The third kappa shape index (κ3) is 2.39. The van der Waals surface area contributed by atoms with E-state index in [1.54, 1.807) is 0 Å². The average molecular weight is 229 g/mol. The summed E-state index contributed by atoms with van der Waals surface area (Å²) >= 11 is 0. The molecule has 1 heterocycles. The minimum Gasteiger partial charge on any atom is -0.344 e. The lowest BCUT2D eigenvalue weighted by atomic mass is 10.0. The maximum atomic E-state index is 4.64. The van der Waals surface area contributed by atoms with Crippen LogP contribution in [0, 0.1) is 20.8 Å². The summed E-state index contributed by atoms with van der Waals surface area (Å²) in [6.45, 7) is 7.08. The van der Waals surface area contributed by atoms with Crippen molar-refractivity contribution in [1.82, 2.24) is 15.3 Å². The summed E-state index contributed by atoms with van der Waals surface area (Å²) < 4.78 is 0. The molecule has 0 bridgehead atoms. The first-order valence-electron chi connectivity index (χ1n) is 5.89. The molecule has 0 aliphatic rings. The lowest BCUT2D eigenvalue weighted by Gasteiger charge is -2.04. The molecule has 1 aromatic heterocycles. The molecule has 3 nitrogen and oxygen atoms in total. The van der Waals surface area contributed by atoms with Gasteiger partial charge in [-0.05, 0) is 33.4 Å². The fourth-order valence-corrected chi connectivity index (χ4v) is 2.12. The van der Waals surface area contributed by atoms with E-state index >= 15 is 0 Å². The number of hydrogen-bond acceptors (Lipinski definition) is 2. The summed E-state index contributed by atoms with van der Waals surface area (Å²) in [6, 6.07) is 6.48. The Hall–Kier alpha value is -1.61. The van der Waals surface area contributed by atoms with Gasteiger partial charge >= 0.3 is 0 Å². The molecule has 0 amide bonds. The SMILES string of the molecule is CNCc1nc(-c2ccc(C)cc2C)c(C)[nH]1. The Kier molecular flexibility index (Phi) is 3.29. The van der Waals surface area contributed by atoms with E-state index in [0.29, 0.717) is 0 Å². The zero-order valence-corrected chi connectivity index (χ0v) is 10.9. The quantitative estimate of drug-likeness (QED) is 0.849. The van der Waals surface area contributed by atoms with Crippen molar-refractivity contribution < 1.29 is 0 Å². The number of benzene rings is 1. The van der Waals surface area contributed by atoms with Gasteiger partial charge in [0.1, 0.15) is 5.82 Å². The van der Waals surface area contributed by atoms with Crippen LogP contribution in [-0.2, 0) is 6.54 Å². The van der Waals surface area contributed by atoms with Crippen molar-refractivity contribution in [2.24, 2.45) is 0 Å². The average Bonchev–Trinajstić information content (AvgIpc) is 2.60. The Morgan fingerprint density at radius 2 is 2.00 bits per heavy atom. The van der Waals surface area contributed by atoms with E-state index in [1.165, 1.54) is 16.7 Å². The van der Waals surface area contributed by atoms with Crippen LogP contribution in [0.5, 0.6) is 0 Å². The first-order chi connectivity index (χ1) is 8.11. The van der Waals surface area contributed by atoms with E-state index in [1.807, 2.05) is 7.05 Å². The van der Waals surface area contributed by atoms with E-state index in [-0.39, 0.29) is 0 Å². The predicted octanol–water partition coefficient (Wildman–Crippen LogP) is 2.72. The van der Waals surface area contributed by atoms with Crippen LogP contribution in [0.2, 0.25) is 0 Å². The highest BCUT2D eigenvalue weighted by Gasteiger charge is 2.10. The molecule has 0 aliphatic heterocycles. The molecule has 0 aliphatic carbocycles. The number of aryl methyl sites for hydroxylation is 3. The molecule has 2 N–H and O–H groups in total. The molecule has 0 unspecified atom stereocenters. The van der Waals surface area contributed by atoms with Gasteiger partial charge in [-0.1, -0.05) is 23.8 Å².